The maximum atomic E-state index is 10.6. The molecule has 2 N–H and O–H groups in total. The molecule has 1 aromatic heterocycles. The van der Waals surface area contributed by atoms with Gasteiger partial charge in [-0.05, 0) is 0 Å². The first kappa shape index (κ1) is 18.3. The van der Waals surface area contributed by atoms with Gasteiger partial charge in [0.15, 0.2) is 0 Å². The predicted molar refractivity (Wildman–Crippen MR) is 107 cm³/mol. The molecule has 1 atom stereocenters. The van der Waals surface area contributed by atoms with E-state index in [9.17, 15) is 10.4 Å². The summed E-state index contributed by atoms with van der Waals surface area (Å²) in [5.41, 5.74) is 3.09. The minimum absolute atomic E-state index is 0.170. The number of aromatic nitrogens is 1. The quantitative estimate of drug-likeness (QED) is 0.715. The number of piperidine rings is 1. The van der Waals surface area contributed by atoms with Crippen LogP contribution in [0.1, 0.15) is 42.7 Å². The van der Waals surface area contributed by atoms with Crippen LogP contribution in [0, 0.1) is 17.2 Å². The number of phenols is 1. The Bertz CT molecular complexity index is 884. The Balaban J connectivity index is 1.77. The van der Waals surface area contributed by atoms with Crippen molar-refractivity contribution in [2.24, 2.45) is 5.92 Å². The molecule has 6 heteroatoms. The van der Waals surface area contributed by atoms with Gasteiger partial charge < -0.3 is 0 Å². The molecule has 5 nitrogen and oxygen atoms in total. The predicted octanol–water partition coefficient (Wildman–Crippen LogP) is 1.84. The number of nitrogens with one attached hydrogen (secondary N) is 1. The van der Waals surface area contributed by atoms with Crippen molar-refractivity contribution in [1.82, 2.24) is 10.3 Å². The van der Waals surface area contributed by atoms with E-state index in [1.165, 1.54) is 29.7 Å². The third kappa shape index (κ3) is 3.98. The van der Waals surface area contributed by atoms with Crippen molar-refractivity contribution in [3.8, 4) is 28.8 Å². The molecule has 2 aliphatic rings. The van der Waals surface area contributed by atoms with Gasteiger partial charge in [0.1, 0.15) is 0 Å². The zero-order valence-corrected chi connectivity index (χ0v) is 17.7. The summed E-state index contributed by atoms with van der Waals surface area (Å²) >= 11 is 1.34. The molecule has 1 aromatic carbocycles. The van der Waals surface area contributed by atoms with E-state index in [0.29, 0.717) is 41.0 Å². The molecule has 0 amide bonds. The van der Waals surface area contributed by atoms with E-state index in [1.807, 2.05) is 12.1 Å². The van der Waals surface area contributed by atoms with Crippen molar-refractivity contribution in [2.75, 3.05) is 19.7 Å². The number of nitrogens with zero attached hydrogens (tertiary/aromatic N) is 2. The van der Waals surface area contributed by atoms with Crippen molar-refractivity contribution in [3.63, 3.8) is 0 Å². The number of hydrogen-bond donors (Lipinski definition) is 2. The van der Waals surface area contributed by atoms with Gasteiger partial charge in [0.25, 0.3) is 0 Å². The molecule has 0 bridgehead atoms. The standard InChI is InChI=1S/C21H24AsN3O2/c22-21-16(11-23)15(14-6-8-24-9-7-14)10-17(25-21)20-18(26)2-1-3-19(20)27-12-13-4-5-13/h1-3,10,13-14,24,26H,4-9,12,22H2. The summed E-state index contributed by atoms with van der Waals surface area (Å²) in [5.74, 6) is 1.81. The topological polar surface area (TPSA) is 78.2 Å². The van der Waals surface area contributed by atoms with E-state index in [-0.39, 0.29) is 5.75 Å². The number of phenolic OH excluding ortho intramolecular Hbond substituents is 1. The van der Waals surface area contributed by atoms with Crippen LogP contribution in [0.15, 0.2) is 24.3 Å². The molecule has 2 fully saturated rings. The number of ether oxygens (including phenoxy) is 1. The van der Waals surface area contributed by atoms with E-state index in [0.717, 1.165) is 36.0 Å². The van der Waals surface area contributed by atoms with Crippen molar-refractivity contribution in [3.05, 3.63) is 35.4 Å². The van der Waals surface area contributed by atoms with Crippen LogP contribution in [0.25, 0.3) is 11.3 Å². The summed E-state index contributed by atoms with van der Waals surface area (Å²) in [6, 6.07) is 9.72. The second-order valence-corrected chi connectivity index (χ2v) is 8.55. The number of aromatic hydroxyl groups is 1. The number of pyridine rings is 1. The molecule has 0 spiro atoms. The van der Waals surface area contributed by atoms with Crippen molar-refractivity contribution in [1.29, 1.82) is 5.26 Å². The summed E-state index contributed by atoms with van der Waals surface area (Å²) in [7, 11) is 0. The Morgan fingerprint density at radius 2 is 2.04 bits per heavy atom. The Morgan fingerprint density at radius 3 is 2.74 bits per heavy atom. The van der Waals surface area contributed by atoms with Crippen LogP contribution in [0.4, 0.5) is 0 Å². The molecule has 1 unspecified atom stereocenters. The number of benzene rings is 1. The minimum atomic E-state index is 0.170. The SMILES string of the molecule is N#Cc1c(C2CCNCC2)cc(-c2c(O)cccc2OCC2CC2)nc1[AsH2]. The van der Waals surface area contributed by atoms with Gasteiger partial charge in [0, 0.05) is 0 Å². The fourth-order valence-corrected chi connectivity index (χ4v) is 4.46. The zero-order valence-electron chi connectivity index (χ0n) is 15.2. The van der Waals surface area contributed by atoms with Crippen molar-refractivity contribution in [2.45, 2.75) is 31.6 Å². The molecule has 1 aliphatic heterocycles. The van der Waals surface area contributed by atoms with Crippen LogP contribution in [0.2, 0.25) is 0 Å². The fraction of sp³-hybridized carbons (Fsp3) is 0.429. The van der Waals surface area contributed by atoms with Crippen LogP contribution in [-0.2, 0) is 0 Å². The zero-order chi connectivity index (χ0) is 18.8. The van der Waals surface area contributed by atoms with Gasteiger partial charge in [0.05, 0.1) is 0 Å². The second kappa shape index (κ2) is 7.92. The summed E-state index contributed by atoms with van der Waals surface area (Å²) in [6.45, 7) is 2.60. The monoisotopic (exact) mass is 425 g/mol. The van der Waals surface area contributed by atoms with E-state index >= 15 is 0 Å². The molecule has 0 radical (unpaired) electrons. The van der Waals surface area contributed by atoms with Crippen molar-refractivity contribution >= 4 is 21.3 Å². The third-order valence-corrected chi connectivity index (χ3v) is 6.28. The molecule has 1 aliphatic carbocycles. The Morgan fingerprint density at radius 1 is 1.26 bits per heavy atom. The molecule has 1 saturated heterocycles. The van der Waals surface area contributed by atoms with Gasteiger partial charge in [-0.1, -0.05) is 0 Å². The van der Waals surface area contributed by atoms with E-state index in [2.05, 4.69) is 16.4 Å². The first-order chi connectivity index (χ1) is 13.2. The Kier molecular flexibility index (Phi) is 5.38. The van der Waals surface area contributed by atoms with Gasteiger partial charge in [-0.15, -0.1) is 0 Å². The van der Waals surface area contributed by atoms with Gasteiger partial charge in [-0.25, -0.2) is 0 Å². The summed E-state index contributed by atoms with van der Waals surface area (Å²) in [4.78, 5) is 4.68. The molecule has 1 saturated carbocycles. The first-order valence-electron chi connectivity index (χ1n) is 9.53. The normalized spacial score (nSPS) is 17.5. The molecule has 2 heterocycles. The van der Waals surface area contributed by atoms with E-state index in [4.69, 9.17) is 4.74 Å². The molecule has 4 rings (SSSR count). The Labute approximate surface area is 168 Å². The second-order valence-electron chi connectivity index (χ2n) is 7.40. The number of rotatable bonds is 5. The van der Waals surface area contributed by atoms with Crippen LogP contribution < -0.4 is 14.5 Å². The van der Waals surface area contributed by atoms with Crippen LogP contribution >= 0.6 is 0 Å². The third-order valence-electron chi connectivity index (χ3n) is 5.40. The van der Waals surface area contributed by atoms with E-state index in [1.54, 1.807) is 12.1 Å². The summed E-state index contributed by atoms with van der Waals surface area (Å²) in [6.07, 6.45) is 4.45. The van der Waals surface area contributed by atoms with Gasteiger partial charge in [-0.2, -0.15) is 0 Å². The van der Waals surface area contributed by atoms with Crippen LogP contribution in [0.3, 0.4) is 0 Å². The Hall–Kier alpha value is -2.02. The molecule has 27 heavy (non-hydrogen) atoms. The average molecular weight is 425 g/mol. The molecular weight excluding hydrogens is 401 g/mol. The van der Waals surface area contributed by atoms with Crippen molar-refractivity contribution < 1.29 is 9.84 Å². The first-order valence-corrected chi connectivity index (χ1v) is 10.7. The summed E-state index contributed by atoms with van der Waals surface area (Å²) in [5, 5.41) is 23.6. The molecular formula is C21H24AsN3O2. The summed E-state index contributed by atoms with van der Waals surface area (Å²) < 4.78 is 6.78. The van der Waals surface area contributed by atoms with Gasteiger partial charge in [0.2, 0.25) is 0 Å². The molecule has 2 aromatic rings. The van der Waals surface area contributed by atoms with Crippen LogP contribution in [0.5, 0.6) is 11.5 Å². The molecule has 140 valence electrons. The van der Waals surface area contributed by atoms with Gasteiger partial charge >= 0.3 is 168 Å². The maximum absolute atomic E-state index is 10.6. The average Bonchev–Trinajstić information content (AvgIpc) is 3.51. The number of nitriles is 1. The van der Waals surface area contributed by atoms with Crippen LogP contribution in [-0.4, -0.2) is 46.6 Å². The fourth-order valence-electron chi connectivity index (χ4n) is 3.68. The van der Waals surface area contributed by atoms with Gasteiger partial charge in [-0.3, -0.25) is 0 Å². The number of hydrogen-bond acceptors (Lipinski definition) is 5. The van der Waals surface area contributed by atoms with E-state index < -0.39 is 0 Å².